The SMILES string of the molecule is [C-]#[N+]c1ccc2c(c1)c1ccccc1n2-c1ccc2c(c1)N(c1c(-c3ccccc3)cc(C(C)(C)C)cc1-c1ccccc1)c1cccc3c1B2c1ccc(-n2c4ccccc4c4cc(C#N)ccc42)cc1N3c1c(-c2ccccc2)cc(C(C)(C)C)cc1-c1ccccc1. The van der Waals surface area contributed by atoms with Gasteiger partial charge in [0.2, 0.25) is 0 Å². The molecule has 0 atom stereocenters. The van der Waals surface area contributed by atoms with E-state index in [1.165, 1.54) is 27.5 Å². The van der Waals surface area contributed by atoms with Crippen molar-refractivity contribution >= 4 is 107 Å². The Morgan fingerprint density at radius 2 is 0.737 bits per heavy atom. The summed E-state index contributed by atoms with van der Waals surface area (Å²) < 4.78 is 4.79. The highest BCUT2D eigenvalue weighted by molar-refractivity contribution is 7.00. The standard InChI is InChI=1S/C88H65BN6/c1-87(2,3)61-48-68(57-25-12-8-13-26-57)85(69(49-61)58-27-14-9-15-28-58)94-80-37-24-38-81-84(80)89(74-43-41-64(53-82(74)94)92-76-35-22-20-33-66(76)72-47-56(55-90)39-45-78(72)92)75-44-42-65(93-77-36-23-21-34-67(77)73-52-63(91-7)40-46-79(73)93)54-83(75)95(81)86-70(59-29-16-10-17-30-59)50-62(88(4,5)6)51-71(86)60-31-18-11-19-32-60/h8-54H,1-6H3. The molecule has 0 fully saturated rings. The van der Waals surface area contributed by atoms with E-state index < -0.39 is 0 Å². The molecule has 0 N–H and O–H groups in total. The first-order valence-electron chi connectivity index (χ1n) is 32.8. The summed E-state index contributed by atoms with van der Waals surface area (Å²) in [4.78, 5) is 9.17. The van der Waals surface area contributed by atoms with Gasteiger partial charge in [0.25, 0.3) is 6.71 Å². The van der Waals surface area contributed by atoms with Gasteiger partial charge in [0.15, 0.2) is 5.69 Å². The van der Waals surface area contributed by atoms with Gasteiger partial charge in [-0.25, -0.2) is 4.85 Å². The molecule has 0 saturated heterocycles. The zero-order valence-electron chi connectivity index (χ0n) is 53.9. The van der Waals surface area contributed by atoms with Crippen LogP contribution in [0.25, 0.3) is 104 Å². The predicted octanol–water partition coefficient (Wildman–Crippen LogP) is 21.6. The second-order valence-electron chi connectivity index (χ2n) is 27.5. The normalized spacial score (nSPS) is 12.7. The zero-order chi connectivity index (χ0) is 64.4. The number of nitrogens with zero attached hydrogens (tertiary/aromatic N) is 6. The molecule has 0 amide bonds. The lowest BCUT2D eigenvalue weighted by Crippen LogP contribution is -2.61. The average molecular weight is 1220 g/mol. The van der Waals surface area contributed by atoms with Crippen molar-refractivity contribution in [2.45, 2.75) is 52.4 Å². The van der Waals surface area contributed by atoms with Crippen LogP contribution in [0, 0.1) is 17.9 Å². The molecule has 17 rings (SSSR count). The number of hydrogen-bond donors (Lipinski definition) is 0. The van der Waals surface area contributed by atoms with Crippen molar-refractivity contribution in [1.29, 1.82) is 5.26 Å². The van der Waals surface area contributed by atoms with E-state index in [-0.39, 0.29) is 17.5 Å². The minimum absolute atomic E-state index is 0.198. The summed E-state index contributed by atoms with van der Waals surface area (Å²) >= 11 is 0. The van der Waals surface area contributed by atoms with Crippen molar-refractivity contribution in [2.75, 3.05) is 9.80 Å². The molecular formula is C88H65BN6. The maximum Gasteiger partial charge on any atom is 0.252 e. The molecule has 95 heavy (non-hydrogen) atoms. The highest BCUT2D eigenvalue weighted by atomic mass is 15.2. The van der Waals surface area contributed by atoms with E-state index in [1.807, 2.05) is 24.3 Å². The highest BCUT2D eigenvalue weighted by Gasteiger charge is 2.46. The summed E-state index contributed by atoms with van der Waals surface area (Å²) in [5, 5.41) is 14.6. The van der Waals surface area contributed by atoms with E-state index in [2.05, 4.69) is 332 Å². The highest BCUT2D eigenvalue weighted by Crippen LogP contribution is 2.55. The maximum absolute atomic E-state index is 10.3. The van der Waals surface area contributed by atoms with Gasteiger partial charge in [0.1, 0.15) is 0 Å². The lowest BCUT2D eigenvalue weighted by molar-refractivity contribution is 0.590. The first-order valence-corrected chi connectivity index (χ1v) is 32.8. The van der Waals surface area contributed by atoms with E-state index in [1.54, 1.807) is 0 Å². The van der Waals surface area contributed by atoms with Gasteiger partial charge in [-0.15, -0.1) is 0 Å². The van der Waals surface area contributed by atoms with Crippen molar-refractivity contribution in [3.8, 4) is 62.0 Å². The van der Waals surface area contributed by atoms with Crippen LogP contribution in [-0.4, -0.2) is 15.8 Å². The van der Waals surface area contributed by atoms with Crippen LogP contribution in [0.2, 0.25) is 0 Å². The molecular weight excluding hydrogens is 1150 g/mol. The van der Waals surface area contributed by atoms with Crippen molar-refractivity contribution in [1.82, 2.24) is 9.13 Å². The molecule has 15 aromatic rings. The molecule has 0 radical (unpaired) electrons. The second kappa shape index (κ2) is 21.9. The molecule has 6 nitrogen and oxygen atoms in total. The summed E-state index contributed by atoms with van der Waals surface area (Å²) in [5.41, 5.74) is 28.6. The first-order chi connectivity index (χ1) is 46.3. The molecule has 0 bridgehead atoms. The van der Waals surface area contributed by atoms with Crippen molar-refractivity contribution in [2.24, 2.45) is 0 Å². The Labute approximate surface area is 555 Å². The third kappa shape index (κ3) is 9.14. The van der Waals surface area contributed by atoms with Crippen molar-refractivity contribution < 1.29 is 0 Å². The summed E-state index contributed by atoms with van der Waals surface area (Å²) in [6.07, 6.45) is 0. The summed E-state index contributed by atoms with van der Waals surface area (Å²) in [7, 11) is 0. The minimum Gasteiger partial charge on any atom is -0.310 e. The second-order valence-corrected chi connectivity index (χ2v) is 27.5. The lowest BCUT2D eigenvalue weighted by Gasteiger charge is -2.46. The van der Waals surface area contributed by atoms with Gasteiger partial charge in [0, 0.05) is 72.5 Å². The zero-order valence-corrected chi connectivity index (χ0v) is 53.9. The Balaban J connectivity index is 1.04. The molecule has 0 aliphatic carbocycles. The number of anilines is 6. The smallest absolute Gasteiger partial charge is 0.252 e. The van der Waals surface area contributed by atoms with E-state index in [4.69, 9.17) is 6.57 Å². The van der Waals surface area contributed by atoms with E-state index >= 15 is 0 Å². The number of aromatic nitrogens is 2. The van der Waals surface area contributed by atoms with Gasteiger partial charge in [-0.05, 0) is 169 Å². The van der Waals surface area contributed by atoms with Crippen LogP contribution in [-0.2, 0) is 10.8 Å². The molecule has 2 aliphatic heterocycles. The Bertz CT molecular complexity index is 5250. The fourth-order valence-corrected chi connectivity index (χ4v) is 15.3. The van der Waals surface area contributed by atoms with Gasteiger partial charge in [-0.1, -0.05) is 224 Å². The molecule has 4 heterocycles. The van der Waals surface area contributed by atoms with Crippen LogP contribution in [0.5, 0.6) is 0 Å². The monoisotopic (exact) mass is 1220 g/mol. The molecule has 2 aromatic heterocycles. The fraction of sp³-hybridized carbons (Fsp3) is 0.0909. The third-order valence-electron chi connectivity index (χ3n) is 19.8. The molecule has 2 aliphatic rings. The van der Waals surface area contributed by atoms with Crippen LogP contribution in [0.3, 0.4) is 0 Å². The Morgan fingerprint density at radius 1 is 0.358 bits per heavy atom. The number of rotatable bonds is 8. The van der Waals surface area contributed by atoms with Gasteiger partial charge in [-0.2, -0.15) is 5.26 Å². The Hall–Kier alpha value is -11.9. The van der Waals surface area contributed by atoms with E-state index in [0.29, 0.717) is 11.3 Å². The minimum atomic E-state index is -0.263. The summed E-state index contributed by atoms with van der Waals surface area (Å²) in [6.45, 7) is 21.8. The fourth-order valence-electron chi connectivity index (χ4n) is 15.3. The van der Waals surface area contributed by atoms with E-state index in [9.17, 15) is 5.26 Å². The van der Waals surface area contributed by atoms with Gasteiger partial charge in [-0.3, -0.25) is 0 Å². The van der Waals surface area contributed by atoms with Gasteiger partial charge in [0.05, 0.1) is 51.6 Å². The van der Waals surface area contributed by atoms with Crippen LogP contribution >= 0.6 is 0 Å². The average Bonchev–Trinajstić information content (AvgIpc) is 1.15. The maximum atomic E-state index is 10.3. The quantitative estimate of drug-likeness (QED) is 0.112. The third-order valence-corrected chi connectivity index (χ3v) is 19.8. The number of para-hydroxylation sites is 2. The predicted molar refractivity (Wildman–Crippen MR) is 399 cm³/mol. The van der Waals surface area contributed by atoms with E-state index in [0.717, 1.165) is 134 Å². The number of nitriles is 1. The molecule has 13 aromatic carbocycles. The number of hydrogen-bond acceptors (Lipinski definition) is 3. The largest absolute Gasteiger partial charge is 0.310 e. The van der Waals surface area contributed by atoms with Crippen molar-refractivity contribution in [3.63, 3.8) is 0 Å². The number of benzene rings is 13. The number of fused-ring (bicyclic) bond motifs is 10. The Kier molecular flexibility index (Phi) is 13.1. The van der Waals surface area contributed by atoms with Crippen LogP contribution < -0.4 is 26.2 Å². The molecule has 450 valence electrons. The first kappa shape index (κ1) is 57.0. The topological polar surface area (TPSA) is 44.5 Å². The van der Waals surface area contributed by atoms with Gasteiger partial charge >= 0.3 is 0 Å². The van der Waals surface area contributed by atoms with Crippen LogP contribution in [0.1, 0.15) is 58.2 Å². The summed E-state index contributed by atoms with van der Waals surface area (Å²) in [5.74, 6) is 0. The molecule has 7 heteroatoms. The molecule has 0 spiro atoms. The summed E-state index contributed by atoms with van der Waals surface area (Å²) in [6, 6.07) is 107. The molecule has 0 saturated carbocycles. The van der Waals surface area contributed by atoms with Crippen LogP contribution in [0.15, 0.2) is 285 Å². The van der Waals surface area contributed by atoms with Gasteiger partial charge < -0.3 is 18.9 Å². The van der Waals surface area contributed by atoms with Crippen LogP contribution in [0.4, 0.5) is 39.8 Å². The van der Waals surface area contributed by atoms with Crippen molar-refractivity contribution in [3.05, 3.63) is 313 Å². The molecule has 0 unspecified atom stereocenters. The Morgan fingerprint density at radius 3 is 1.14 bits per heavy atom. The lowest BCUT2D eigenvalue weighted by atomic mass is 9.33.